The van der Waals surface area contributed by atoms with E-state index in [1.54, 1.807) is 23.6 Å². The first-order chi connectivity index (χ1) is 12.0. The molecule has 0 fully saturated rings. The van der Waals surface area contributed by atoms with Crippen LogP contribution in [0.2, 0.25) is 0 Å². The van der Waals surface area contributed by atoms with Crippen molar-refractivity contribution in [2.45, 2.75) is 5.60 Å². The van der Waals surface area contributed by atoms with Crippen LogP contribution >= 0.6 is 11.3 Å². The van der Waals surface area contributed by atoms with Crippen molar-refractivity contribution >= 4 is 17.2 Å². The number of benzene rings is 1. The van der Waals surface area contributed by atoms with E-state index in [1.165, 1.54) is 36.8 Å². The molecule has 2 heterocycles. The zero-order valence-corrected chi connectivity index (χ0v) is 14.2. The summed E-state index contributed by atoms with van der Waals surface area (Å²) >= 11 is 1.42. The fourth-order valence-corrected chi connectivity index (χ4v) is 3.19. The van der Waals surface area contributed by atoms with Gasteiger partial charge in [-0.1, -0.05) is 0 Å². The van der Waals surface area contributed by atoms with Crippen molar-refractivity contribution in [2.75, 3.05) is 13.7 Å². The summed E-state index contributed by atoms with van der Waals surface area (Å²) in [5, 5.41) is 17.3. The lowest BCUT2D eigenvalue weighted by Gasteiger charge is -2.25. The maximum atomic E-state index is 13.8. The molecule has 1 amide bonds. The fraction of sp³-hybridized carbons (Fsp3) is 0.167. The van der Waals surface area contributed by atoms with Crippen molar-refractivity contribution in [3.05, 3.63) is 76.1 Å². The number of methoxy groups -OCH3 is 1. The van der Waals surface area contributed by atoms with Gasteiger partial charge in [-0.05, 0) is 47.2 Å². The molecule has 1 aromatic carbocycles. The summed E-state index contributed by atoms with van der Waals surface area (Å²) in [6, 6.07) is 8.97. The van der Waals surface area contributed by atoms with Crippen molar-refractivity contribution < 1.29 is 23.4 Å². The van der Waals surface area contributed by atoms with E-state index in [-0.39, 0.29) is 17.9 Å². The molecule has 3 rings (SSSR count). The zero-order valence-electron chi connectivity index (χ0n) is 13.4. The predicted octanol–water partition coefficient (Wildman–Crippen LogP) is 3.15. The number of hydrogen-bond donors (Lipinski definition) is 2. The highest BCUT2D eigenvalue weighted by atomic mass is 32.1. The number of aliphatic hydroxyl groups is 1. The highest BCUT2D eigenvalue weighted by Gasteiger charge is 2.35. The SMILES string of the molecule is COc1ccc(C(=O)NC[C@@](O)(c2ccsc2)c2ccco2)cc1F. The Kier molecular flexibility index (Phi) is 4.87. The van der Waals surface area contributed by atoms with Crippen molar-refractivity contribution in [1.82, 2.24) is 5.32 Å². The number of thiophene rings is 1. The summed E-state index contributed by atoms with van der Waals surface area (Å²) in [5.41, 5.74) is -0.774. The number of carbonyl (C=O) groups excluding carboxylic acids is 1. The Labute approximate surface area is 147 Å². The van der Waals surface area contributed by atoms with Crippen molar-refractivity contribution in [3.63, 3.8) is 0 Å². The van der Waals surface area contributed by atoms with E-state index in [9.17, 15) is 14.3 Å². The summed E-state index contributed by atoms with van der Waals surface area (Å²) < 4.78 is 23.9. The Bertz CT molecular complexity index is 812. The van der Waals surface area contributed by atoms with Gasteiger partial charge in [-0.2, -0.15) is 11.3 Å². The van der Waals surface area contributed by atoms with Crippen molar-refractivity contribution in [2.24, 2.45) is 0 Å². The molecule has 0 radical (unpaired) electrons. The number of halogens is 1. The minimum atomic E-state index is -1.51. The van der Waals surface area contributed by atoms with E-state index < -0.39 is 17.3 Å². The lowest BCUT2D eigenvalue weighted by atomic mass is 9.93. The minimum Gasteiger partial charge on any atom is -0.494 e. The molecule has 0 aliphatic rings. The molecule has 0 aliphatic heterocycles. The van der Waals surface area contributed by atoms with Gasteiger partial charge in [0.05, 0.1) is 19.9 Å². The van der Waals surface area contributed by atoms with Gasteiger partial charge >= 0.3 is 0 Å². The number of nitrogens with one attached hydrogen (secondary N) is 1. The van der Waals surface area contributed by atoms with Crippen LogP contribution in [-0.4, -0.2) is 24.7 Å². The molecule has 2 aromatic heterocycles. The molecule has 3 aromatic rings. The molecule has 0 aliphatic carbocycles. The van der Waals surface area contributed by atoms with Crippen LogP contribution in [0.1, 0.15) is 21.7 Å². The number of hydrogen-bond acceptors (Lipinski definition) is 5. The average Bonchev–Trinajstić information content (AvgIpc) is 3.33. The molecule has 1 atom stereocenters. The van der Waals surface area contributed by atoms with E-state index in [0.717, 1.165) is 6.07 Å². The Morgan fingerprint density at radius 2 is 2.24 bits per heavy atom. The number of ether oxygens (including phenoxy) is 1. The fourth-order valence-electron chi connectivity index (χ4n) is 2.46. The molecule has 5 nitrogen and oxygen atoms in total. The van der Waals surface area contributed by atoms with E-state index in [0.29, 0.717) is 11.3 Å². The molecule has 130 valence electrons. The minimum absolute atomic E-state index is 0.0573. The second-order valence-electron chi connectivity index (χ2n) is 5.38. The van der Waals surface area contributed by atoms with Gasteiger partial charge in [0.25, 0.3) is 5.91 Å². The van der Waals surface area contributed by atoms with Crippen molar-refractivity contribution in [1.29, 1.82) is 0 Å². The number of furan rings is 1. The summed E-state index contributed by atoms with van der Waals surface area (Å²) in [4.78, 5) is 12.3. The van der Waals surface area contributed by atoms with Crippen LogP contribution in [0.15, 0.2) is 57.8 Å². The molecule has 0 bridgehead atoms. The van der Waals surface area contributed by atoms with Gasteiger partial charge in [0, 0.05) is 11.1 Å². The van der Waals surface area contributed by atoms with Gasteiger partial charge in [-0.25, -0.2) is 4.39 Å². The summed E-state index contributed by atoms with van der Waals surface area (Å²) in [7, 11) is 1.35. The molecule has 25 heavy (non-hydrogen) atoms. The lowest BCUT2D eigenvalue weighted by Crippen LogP contribution is -2.41. The van der Waals surface area contributed by atoms with Gasteiger partial charge in [0.1, 0.15) is 5.76 Å². The first-order valence-electron chi connectivity index (χ1n) is 7.45. The van der Waals surface area contributed by atoms with E-state index in [4.69, 9.17) is 9.15 Å². The highest BCUT2D eigenvalue weighted by molar-refractivity contribution is 7.08. The standard InChI is InChI=1S/C18H16FNO4S/c1-23-15-5-4-12(9-14(15)19)17(21)20-11-18(22,13-6-8-25-10-13)16-3-2-7-24-16/h2-10,22H,11H2,1H3,(H,20,21)/t18-/m1/s1. The summed E-state index contributed by atoms with van der Waals surface area (Å²) in [6.07, 6.45) is 1.45. The molecule has 0 spiro atoms. The molecule has 0 saturated heterocycles. The molecule has 2 N–H and O–H groups in total. The van der Waals surface area contributed by atoms with E-state index in [1.807, 2.05) is 5.38 Å². The van der Waals surface area contributed by atoms with Gasteiger partial charge in [0.2, 0.25) is 0 Å². The van der Waals surface area contributed by atoms with Gasteiger partial charge in [-0.3, -0.25) is 4.79 Å². The third-order valence-corrected chi connectivity index (χ3v) is 4.53. The third-order valence-electron chi connectivity index (χ3n) is 3.85. The second kappa shape index (κ2) is 7.08. The molecular weight excluding hydrogens is 345 g/mol. The molecule has 0 saturated carbocycles. The maximum absolute atomic E-state index is 13.8. The van der Waals surface area contributed by atoms with Crippen LogP contribution in [-0.2, 0) is 5.60 Å². The van der Waals surface area contributed by atoms with E-state index in [2.05, 4.69) is 5.32 Å². The van der Waals surface area contributed by atoms with Gasteiger partial charge in [-0.15, -0.1) is 0 Å². The largest absolute Gasteiger partial charge is 0.494 e. The van der Waals surface area contributed by atoms with Crippen LogP contribution in [0.3, 0.4) is 0 Å². The third kappa shape index (κ3) is 3.42. The maximum Gasteiger partial charge on any atom is 0.251 e. The highest BCUT2D eigenvalue weighted by Crippen LogP contribution is 2.31. The molecule has 7 heteroatoms. The smallest absolute Gasteiger partial charge is 0.251 e. The number of rotatable bonds is 6. The van der Waals surface area contributed by atoms with Crippen LogP contribution in [0.4, 0.5) is 4.39 Å². The monoisotopic (exact) mass is 361 g/mol. The van der Waals surface area contributed by atoms with Crippen LogP contribution in [0.5, 0.6) is 5.75 Å². The normalized spacial score (nSPS) is 13.2. The average molecular weight is 361 g/mol. The first-order valence-corrected chi connectivity index (χ1v) is 8.39. The quantitative estimate of drug-likeness (QED) is 0.707. The topological polar surface area (TPSA) is 71.7 Å². The Morgan fingerprint density at radius 3 is 2.84 bits per heavy atom. The van der Waals surface area contributed by atoms with Crippen LogP contribution < -0.4 is 10.1 Å². The van der Waals surface area contributed by atoms with Crippen molar-refractivity contribution in [3.8, 4) is 5.75 Å². The van der Waals surface area contributed by atoms with Crippen LogP contribution in [0.25, 0.3) is 0 Å². The zero-order chi connectivity index (χ0) is 17.9. The first kappa shape index (κ1) is 17.2. The Hall–Kier alpha value is -2.64. The predicted molar refractivity (Wildman–Crippen MR) is 91.3 cm³/mol. The molecule has 0 unspecified atom stereocenters. The Balaban J connectivity index is 1.80. The number of carbonyl (C=O) groups is 1. The van der Waals surface area contributed by atoms with Gasteiger partial charge < -0.3 is 19.6 Å². The number of amides is 1. The Morgan fingerprint density at radius 1 is 1.40 bits per heavy atom. The second-order valence-corrected chi connectivity index (χ2v) is 6.16. The van der Waals surface area contributed by atoms with Gasteiger partial charge in [0.15, 0.2) is 17.2 Å². The lowest BCUT2D eigenvalue weighted by molar-refractivity contribution is 0.0528. The summed E-state index contributed by atoms with van der Waals surface area (Å²) in [6.45, 7) is -0.121. The van der Waals surface area contributed by atoms with E-state index >= 15 is 0 Å². The molecular formula is C18H16FNO4S. The summed E-state index contributed by atoms with van der Waals surface area (Å²) in [5.74, 6) is -0.773. The van der Waals surface area contributed by atoms with Crippen LogP contribution in [0, 0.1) is 5.82 Å².